The highest BCUT2D eigenvalue weighted by Gasteiger charge is 2.14. The van der Waals surface area contributed by atoms with E-state index in [-0.39, 0.29) is 6.10 Å². The van der Waals surface area contributed by atoms with E-state index in [2.05, 4.69) is 28.9 Å². The summed E-state index contributed by atoms with van der Waals surface area (Å²) in [6.07, 6.45) is 1.72. The van der Waals surface area contributed by atoms with Gasteiger partial charge in [0.05, 0.1) is 6.10 Å². The number of hydrogen-bond donors (Lipinski definition) is 1. The van der Waals surface area contributed by atoms with E-state index in [1.54, 1.807) is 0 Å². The van der Waals surface area contributed by atoms with Gasteiger partial charge < -0.3 is 5.11 Å². The molecule has 14 heavy (non-hydrogen) atoms. The molecule has 0 bridgehead atoms. The Morgan fingerprint density at radius 1 is 1.36 bits per heavy atom. The third-order valence-electron chi connectivity index (χ3n) is 2.65. The van der Waals surface area contributed by atoms with Crippen LogP contribution >= 0.6 is 15.9 Å². The first-order valence-electron chi connectivity index (χ1n) is 5.06. The van der Waals surface area contributed by atoms with Gasteiger partial charge in [-0.05, 0) is 30.9 Å². The monoisotopic (exact) mass is 256 g/mol. The van der Waals surface area contributed by atoms with Gasteiger partial charge in [0, 0.05) is 4.47 Å². The maximum absolute atomic E-state index is 9.55. The molecule has 0 fully saturated rings. The van der Waals surface area contributed by atoms with E-state index < -0.39 is 0 Å². The minimum absolute atomic E-state index is 0.230. The highest BCUT2D eigenvalue weighted by molar-refractivity contribution is 9.10. The first-order chi connectivity index (χ1) is 6.65. The van der Waals surface area contributed by atoms with Gasteiger partial charge in [-0.25, -0.2) is 0 Å². The van der Waals surface area contributed by atoms with E-state index in [0.29, 0.717) is 5.92 Å². The Bertz CT molecular complexity index is 283. The first-order valence-corrected chi connectivity index (χ1v) is 5.86. The molecular formula is C12H17BrO. The first kappa shape index (κ1) is 11.7. The Hall–Kier alpha value is -0.340. The topological polar surface area (TPSA) is 20.2 Å². The second-order valence-corrected chi connectivity index (χ2v) is 4.56. The summed E-state index contributed by atoms with van der Waals surface area (Å²) in [6, 6.07) is 8.20. The molecule has 2 unspecified atom stereocenters. The van der Waals surface area contributed by atoms with Crippen LogP contribution in [0.2, 0.25) is 0 Å². The highest BCUT2D eigenvalue weighted by atomic mass is 79.9. The number of hydrogen-bond acceptors (Lipinski definition) is 1. The molecule has 0 aliphatic rings. The van der Waals surface area contributed by atoms with Gasteiger partial charge in [0.1, 0.15) is 0 Å². The van der Waals surface area contributed by atoms with Gasteiger partial charge >= 0.3 is 0 Å². The Morgan fingerprint density at radius 3 is 2.50 bits per heavy atom. The molecule has 0 aliphatic carbocycles. The van der Waals surface area contributed by atoms with Gasteiger partial charge in [-0.15, -0.1) is 0 Å². The number of halogens is 1. The second kappa shape index (κ2) is 5.52. The zero-order valence-corrected chi connectivity index (χ0v) is 10.3. The van der Waals surface area contributed by atoms with Crippen LogP contribution in [-0.4, -0.2) is 11.2 Å². The lowest BCUT2D eigenvalue weighted by atomic mass is 9.93. The molecule has 1 aromatic carbocycles. The quantitative estimate of drug-likeness (QED) is 0.876. The van der Waals surface area contributed by atoms with Crippen molar-refractivity contribution in [1.82, 2.24) is 0 Å². The second-order valence-electron chi connectivity index (χ2n) is 3.70. The zero-order valence-electron chi connectivity index (χ0n) is 8.70. The molecule has 0 aliphatic heterocycles. The SMILES string of the molecule is CCC(Cc1ccccc1Br)C(C)O. The minimum atomic E-state index is -0.230. The summed E-state index contributed by atoms with van der Waals surface area (Å²) < 4.78 is 1.14. The van der Waals surface area contributed by atoms with E-state index in [0.717, 1.165) is 17.3 Å². The molecule has 0 radical (unpaired) electrons. The van der Waals surface area contributed by atoms with Crippen LogP contribution in [0.25, 0.3) is 0 Å². The molecule has 1 aromatic rings. The molecular weight excluding hydrogens is 240 g/mol. The lowest BCUT2D eigenvalue weighted by molar-refractivity contribution is 0.123. The molecule has 2 heteroatoms. The van der Waals surface area contributed by atoms with Crippen LogP contribution in [-0.2, 0) is 6.42 Å². The summed E-state index contributed by atoms with van der Waals surface area (Å²) in [6.45, 7) is 3.99. The lowest BCUT2D eigenvalue weighted by Gasteiger charge is -2.18. The van der Waals surface area contributed by atoms with Gasteiger partial charge in [0.25, 0.3) is 0 Å². The lowest BCUT2D eigenvalue weighted by Crippen LogP contribution is -2.18. The number of benzene rings is 1. The van der Waals surface area contributed by atoms with Crippen molar-refractivity contribution < 1.29 is 5.11 Å². The predicted molar refractivity (Wildman–Crippen MR) is 63.3 cm³/mol. The van der Waals surface area contributed by atoms with Crippen molar-refractivity contribution in [3.8, 4) is 0 Å². The fourth-order valence-corrected chi connectivity index (χ4v) is 2.05. The van der Waals surface area contributed by atoms with Crippen LogP contribution < -0.4 is 0 Å². The Morgan fingerprint density at radius 2 is 2.00 bits per heavy atom. The highest BCUT2D eigenvalue weighted by Crippen LogP contribution is 2.22. The predicted octanol–water partition coefficient (Wildman–Crippen LogP) is 3.40. The maximum Gasteiger partial charge on any atom is 0.0543 e. The van der Waals surface area contributed by atoms with Crippen LogP contribution in [0, 0.1) is 5.92 Å². The molecule has 0 saturated carbocycles. The van der Waals surface area contributed by atoms with Gasteiger partial charge in [-0.1, -0.05) is 47.5 Å². The van der Waals surface area contributed by atoms with Crippen molar-refractivity contribution >= 4 is 15.9 Å². The average Bonchev–Trinajstić information content (AvgIpc) is 2.16. The van der Waals surface area contributed by atoms with Crippen molar-refractivity contribution in [1.29, 1.82) is 0 Å². The molecule has 2 atom stereocenters. The smallest absolute Gasteiger partial charge is 0.0543 e. The number of aliphatic hydroxyl groups excluding tert-OH is 1. The summed E-state index contributed by atoms with van der Waals surface area (Å²) >= 11 is 3.52. The van der Waals surface area contributed by atoms with E-state index in [1.807, 2.05) is 25.1 Å². The minimum Gasteiger partial charge on any atom is -0.393 e. The van der Waals surface area contributed by atoms with Crippen molar-refractivity contribution in [3.05, 3.63) is 34.3 Å². The summed E-state index contributed by atoms with van der Waals surface area (Å²) in [5.41, 5.74) is 1.28. The summed E-state index contributed by atoms with van der Waals surface area (Å²) in [5.74, 6) is 0.355. The van der Waals surface area contributed by atoms with Crippen LogP contribution in [0.3, 0.4) is 0 Å². The molecule has 1 rings (SSSR count). The zero-order chi connectivity index (χ0) is 10.6. The van der Waals surface area contributed by atoms with E-state index in [9.17, 15) is 5.11 Å². The summed E-state index contributed by atoms with van der Waals surface area (Å²) in [4.78, 5) is 0. The Balaban J connectivity index is 2.72. The van der Waals surface area contributed by atoms with Gasteiger partial charge in [-0.2, -0.15) is 0 Å². The van der Waals surface area contributed by atoms with Crippen LogP contribution in [0.4, 0.5) is 0 Å². The van der Waals surface area contributed by atoms with Gasteiger partial charge in [0.2, 0.25) is 0 Å². The van der Waals surface area contributed by atoms with Gasteiger partial charge in [-0.3, -0.25) is 0 Å². The van der Waals surface area contributed by atoms with E-state index >= 15 is 0 Å². The Kier molecular flexibility index (Phi) is 4.63. The number of rotatable bonds is 4. The van der Waals surface area contributed by atoms with Crippen LogP contribution in [0.15, 0.2) is 28.7 Å². The fourth-order valence-electron chi connectivity index (χ4n) is 1.60. The molecule has 78 valence electrons. The van der Waals surface area contributed by atoms with Crippen molar-refractivity contribution in [3.63, 3.8) is 0 Å². The normalized spacial score (nSPS) is 15.1. The molecule has 1 nitrogen and oxygen atoms in total. The summed E-state index contributed by atoms with van der Waals surface area (Å²) in [5, 5.41) is 9.55. The van der Waals surface area contributed by atoms with E-state index in [4.69, 9.17) is 0 Å². The van der Waals surface area contributed by atoms with Crippen molar-refractivity contribution in [2.24, 2.45) is 5.92 Å². The third kappa shape index (κ3) is 3.10. The molecule has 0 amide bonds. The number of aliphatic hydroxyl groups is 1. The molecule has 0 aromatic heterocycles. The summed E-state index contributed by atoms with van der Waals surface area (Å²) in [7, 11) is 0. The largest absolute Gasteiger partial charge is 0.393 e. The molecule has 0 heterocycles. The van der Waals surface area contributed by atoms with Gasteiger partial charge in [0.15, 0.2) is 0 Å². The van der Waals surface area contributed by atoms with E-state index in [1.165, 1.54) is 5.56 Å². The average molecular weight is 257 g/mol. The fraction of sp³-hybridized carbons (Fsp3) is 0.500. The molecule has 0 spiro atoms. The standard InChI is InChI=1S/C12H17BrO/c1-3-10(9(2)14)8-11-6-4-5-7-12(11)13/h4-7,9-10,14H,3,8H2,1-2H3. The van der Waals surface area contributed by atoms with Crippen LogP contribution in [0.5, 0.6) is 0 Å². The van der Waals surface area contributed by atoms with Crippen molar-refractivity contribution in [2.75, 3.05) is 0 Å². The molecule has 0 saturated heterocycles. The third-order valence-corrected chi connectivity index (χ3v) is 3.42. The maximum atomic E-state index is 9.55. The molecule has 1 N–H and O–H groups in total. The van der Waals surface area contributed by atoms with Crippen molar-refractivity contribution in [2.45, 2.75) is 32.8 Å². The van der Waals surface area contributed by atoms with Crippen LogP contribution in [0.1, 0.15) is 25.8 Å². The Labute approximate surface area is 94.3 Å².